The monoisotopic (exact) mass is 370 g/mol. The molecule has 1 atom stereocenters. The van der Waals surface area contributed by atoms with Crippen LogP contribution in [0.3, 0.4) is 0 Å². The second-order valence-corrected chi connectivity index (χ2v) is 5.61. The molecule has 0 fully saturated rings. The molecule has 1 N–H and O–H groups in total. The third-order valence-electron chi connectivity index (χ3n) is 2.74. The molecule has 0 aliphatic rings. The van der Waals surface area contributed by atoms with Gasteiger partial charge in [-0.25, -0.2) is 9.78 Å². The number of nitrogens with zero attached hydrogens (tertiary/aromatic N) is 1. The summed E-state index contributed by atoms with van der Waals surface area (Å²) in [6.07, 6.45) is 0.296. The molecule has 0 aliphatic carbocycles. The second-order valence-electron chi connectivity index (χ2n) is 4.37. The summed E-state index contributed by atoms with van der Waals surface area (Å²) in [5, 5.41) is 0. The maximum atomic E-state index is 11.6. The fourth-order valence-electron chi connectivity index (χ4n) is 1.72. The molecule has 2 aromatic rings. The Morgan fingerprint density at radius 3 is 2.95 bits per heavy atom. The molecule has 4 nitrogen and oxygen atoms in total. The van der Waals surface area contributed by atoms with Crippen molar-refractivity contribution in [1.29, 1.82) is 0 Å². The third kappa shape index (κ3) is 3.15. The molecule has 2 rings (SSSR count). The summed E-state index contributed by atoms with van der Waals surface area (Å²) in [5.41, 5.74) is 2.22. The lowest BCUT2D eigenvalue weighted by Gasteiger charge is -2.13. The molecule has 19 heavy (non-hydrogen) atoms. The van der Waals surface area contributed by atoms with Gasteiger partial charge in [-0.15, -0.1) is 0 Å². The van der Waals surface area contributed by atoms with Crippen molar-refractivity contribution in [2.24, 2.45) is 0 Å². The van der Waals surface area contributed by atoms with E-state index in [1.165, 1.54) is 0 Å². The lowest BCUT2D eigenvalue weighted by molar-refractivity contribution is -0.145. The first kappa shape index (κ1) is 14.0. The minimum absolute atomic E-state index is 0.366. The van der Waals surface area contributed by atoms with E-state index in [-0.39, 0.29) is 12.1 Å². The highest BCUT2D eigenvalue weighted by atomic mass is 127. The normalized spacial score (nSPS) is 12.4. The largest absolute Gasteiger partial charge is 0.451 e. The number of hydrogen-bond donors (Lipinski definition) is 1. The summed E-state index contributed by atoms with van der Waals surface area (Å²) in [6, 6.07) is 5.96. The van der Waals surface area contributed by atoms with Crippen LogP contribution in [0, 0.1) is 3.57 Å². The molecular weight excluding hydrogens is 355 g/mol. The van der Waals surface area contributed by atoms with Crippen LogP contribution in [-0.4, -0.2) is 15.9 Å². The number of imidazole rings is 1. The van der Waals surface area contributed by atoms with Crippen LogP contribution in [-0.2, 0) is 9.53 Å². The Labute approximate surface area is 125 Å². The summed E-state index contributed by atoms with van der Waals surface area (Å²) in [5.74, 6) is 0.288. The molecule has 0 spiro atoms. The van der Waals surface area contributed by atoms with Crippen LogP contribution in [0.4, 0.5) is 0 Å². The molecular formula is C14H15IN2O2. The minimum Gasteiger partial charge on any atom is -0.451 e. The van der Waals surface area contributed by atoms with Gasteiger partial charge in [0.1, 0.15) is 5.82 Å². The number of carbonyl (C=O) groups excluding carboxylic acids is 1. The number of rotatable bonds is 4. The fraction of sp³-hybridized carbons (Fsp3) is 0.286. The number of fused-ring (bicyclic) bond motifs is 1. The smallest absolute Gasteiger partial charge is 0.333 e. The zero-order valence-corrected chi connectivity index (χ0v) is 13.0. The Hall–Kier alpha value is -1.37. The average Bonchev–Trinajstić information content (AvgIpc) is 2.77. The summed E-state index contributed by atoms with van der Waals surface area (Å²) < 4.78 is 6.50. The lowest BCUT2D eigenvalue weighted by atomic mass is 10.2. The Bertz CT molecular complexity index is 633. The first-order valence-corrected chi connectivity index (χ1v) is 7.10. The van der Waals surface area contributed by atoms with E-state index < -0.39 is 0 Å². The number of benzene rings is 1. The second kappa shape index (κ2) is 5.73. The maximum absolute atomic E-state index is 11.6. The Morgan fingerprint density at radius 1 is 1.58 bits per heavy atom. The molecule has 0 saturated heterocycles. The first-order valence-electron chi connectivity index (χ1n) is 6.03. The fourth-order valence-corrected chi connectivity index (χ4v) is 2.21. The molecule has 0 radical (unpaired) electrons. The molecule has 100 valence electrons. The summed E-state index contributed by atoms with van der Waals surface area (Å²) in [7, 11) is 0. The van der Waals surface area contributed by atoms with Crippen LogP contribution >= 0.6 is 22.6 Å². The van der Waals surface area contributed by atoms with Gasteiger partial charge in [0.15, 0.2) is 6.10 Å². The average molecular weight is 370 g/mol. The van der Waals surface area contributed by atoms with Crippen LogP contribution in [0.1, 0.15) is 32.2 Å². The van der Waals surface area contributed by atoms with Crippen molar-refractivity contribution in [3.8, 4) is 0 Å². The number of hydrogen-bond acceptors (Lipinski definition) is 3. The van der Waals surface area contributed by atoms with Gasteiger partial charge in [0.05, 0.1) is 11.0 Å². The molecule has 0 aliphatic heterocycles. The molecule has 1 heterocycles. The molecule has 1 unspecified atom stereocenters. The van der Waals surface area contributed by atoms with Gasteiger partial charge in [-0.2, -0.15) is 0 Å². The van der Waals surface area contributed by atoms with Gasteiger partial charge < -0.3 is 9.72 Å². The van der Waals surface area contributed by atoms with Crippen LogP contribution < -0.4 is 0 Å². The van der Waals surface area contributed by atoms with E-state index in [1.807, 2.05) is 25.1 Å². The molecule has 1 aromatic heterocycles. The minimum atomic E-state index is -0.387. The predicted molar refractivity (Wildman–Crippen MR) is 82.7 cm³/mol. The quantitative estimate of drug-likeness (QED) is 0.507. The highest BCUT2D eigenvalue weighted by molar-refractivity contribution is 14.1. The van der Waals surface area contributed by atoms with Crippen molar-refractivity contribution in [2.45, 2.75) is 26.4 Å². The number of nitrogens with one attached hydrogen (secondary N) is 1. The summed E-state index contributed by atoms with van der Waals surface area (Å²) >= 11 is 2.25. The standard InChI is InChI=1S/C14H15IN2O2/c1-4-12(19-14(18)8(2)3)13-16-10-6-5-9(15)7-11(10)17-13/h5-7,12H,2,4H2,1,3H3,(H,16,17). The van der Waals surface area contributed by atoms with Crippen molar-refractivity contribution in [2.75, 3.05) is 0 Å². The van der Waals surface area contributed by atoms with E-state index in [4.69, 9.17) is 4.74 Å². The van der Waals surface area contributed by atoms with Crippen molar-refractivity contribution in [3.05, 3.63) is 39.7 Å². The van der Waals surface area contributed by atoms with E-state index in [0.717, 1.165) is 14.6 Å². The number of carbonyl (C=O) groups is 1. The van der Waals surface area contributed by atoms with E-state index in [0.29, 0.717) is 17.8 Å². The highest BCUT2D eigenvalue weighted by Crippen LogP contribution is 2.23. The molecule has 1 aromatic carbocycles. The van der Waals surface area contributed by atoms with Crippen molar-refractivity contribution >= 4 is 39.6 Å². The van der Waals surface area contributed by atoms with Crippen LogP contribution in [0.15, 0.2) is 30.4 Å². The Morgan fingerprint density at radius 2 is 2.32 bits per heavy atom. The SMILES string of the molecule is C=C(C)C(=O)OC(CC)c1nc2ccc(I)cc2[nH]1. The Kier molecular flexibility index (Phi) is 4.24. The van der Waals surface area contributed by atoms with Crippen molar-refractivity contribution < 1.29 is 9.53 Å². The van der Waals surface area contributed by atoms with E-state index in [1.54, 1.807) is 6.92 Å². The lowest BCUT2D eigenvalue weighted by Crippen LogP contribution is -2.12. The van der Waals surface area contributed by atoms with Crippen molar-refractivity contribution in [1.82, 2.24) is 9.97 Å². The number of halogens is 1. The van der Waals surface area contributed by atoms with Gasteiger partial charge in [0.2, 0.25) is 0 Å². The maximum Gasteiger partial charge on any atom is 0.333 e. The van der Waals surface area contributed by atoms with Gasteiger partial charge in [-0.05, 0) is 54.1 Å². The van der Waals surface area contributed by atoms with E-state index in [9.17, 15) is 4.79 Å². The number of esters is 1. The van der Waals surface area contributed by atoms with Gasteiger partial charge in [0, 0.05) is 9.14 Å². The number of aromatic amines is 1. The first-order chi connectivity index (χ1) is 9.01. The zero-order chi connectivity index (χ0) is 14.0. The van der Waals surface area contributed by atoms with E-state index >= 15 is 0 Å². The van der Waals surface area contributed by atoms with Gasteiger partial charge in [-0.1, -0.05) is 13.5 Å². The topological polar surface area (TPSA) is 55.0 Å². The summed E-state index contributed by atoms with van der Waals surface area (Å²) in [6.45, 7) is 7.17. The third-order valence-corrected chi connectivity index (χ3v) is 3.41. The van der Waals surface area contributed by atoms with Gasteiger partial charge in [0.25, 0.3) is 0 Å². The summed E-state index contributed by atoms with van der Waals surface area (Å²) in [4.78, 5) is 19.3. The molecule has 0 saturated carbocycles. The highest BCUT2D eigenvalue weighted by Gasteiger charge is 2.19. The molecule has 0 amide bonds. The van der Waals surface area contributed by atoms with Gasteiger partial charge in [-0.3, -0.25) is 0 Å². The molecule has 0 bridgehead atoms. The van der Waals surface area contributed by atoms with Crippen molar-refractivity contribution in [3.63, 3.8) is 0 Å². The molecule has 5 heteroatoms. The van der Waals surface area contributed by atoms with Crippen LogP contribution in [0.2, 0.25) is 0 Å². The van der Waals surface area contributed by atoms with E-state index in [2.05, 4.69) is 39.1 Å². The predicted octanol–water partition coefficient (Wildman–Crippen LogP) is 3.74. The number of H-pyrrole nitrogens is 1. The van der Waals surface area contributed by atoms with Crippen LogP contribution in [0.25, 0.3) is 11.0 Å². The van der Waals surface area contributed by atoms with Gasteiger partial charge >= 0.3 is 5.97 Å². The van der Waals surface area contributed by atoms with Crippen LogP contribution in [0.5, 0.6) is 0 Å². The number of ether oxygens (including phenoxy) is 1. The Balaban J connectivity index is 2.30. The zero-order valence-electron chi connectivity index (χ0n) is 10.9. The number of aromatic nitrogens is 2.